The minimum atomic E-state index is 0.0769. The zero-order valence-electron chi connectivity index (χ0n) is 13.2. The third-order valence-corrected chi connectivity index (χ3v) is 3.52. The van der Waals surface area contributed by atoms with Crippen LogP contribution in [0.1, 0.15) is 11.1 Å². The molecule has 1 aromatic rings. The molecule has 0 amide bonds. The highest BCUT2D eigenvalue weighted by molar-refractivity contribution is 5.60. The number of allylic oxidation sites excluding steroid dienone is 5. The first-order chi connectivity index (χ1) is 11.1. The van der Waals surface area contributed by atoms with Gasteiger partial charge in [-0.1, -0.05) is 18.7 Å². The average molecular weight is 303 g/mol. The van der Waals surface area contributed by atoms with Crippen molar-refractivity contribution in [1.29, 1.82) is 10.5 Å². The quantitative estimate of drug-likeness (QED) is 0.796. The molecule has 0 fully saturated rings. The average Bonchev–Trinajstić information content (AvgIpc) is 2.56. The zero-order chi connectivity index (χ0) is 16.8. The molecule has 4 heteroatoms. The van der Waals surface area contributed by atoms with Crippen molar-refractivity contribution in [2.24, 2.45) is 0 Å². The van der Waals surface area contributed by atoms with E-state index in [1.54, 1.807) is 18.2 Å². The Bertz CT molecular complexity index is 783. The second kappa shape index (κ2) is 7.15. The van der Waals surface area contributed by atoms with Crippen LogP contribution in [0.3, 0.4) is 0 Å². The van der Waals surface area contributed by atoms with Gasteiger partial charge in [-0.2, -0.15) is 10.5 Å². The highest BCUT2D eigenvalue weighted by Gasteiger charge is 2.12. The Morgan fingerprint density at radius 1 is 1.30 bits per heavy atom. The molecule has 0 spiro atoms. The van der Waals surface area contributed by atoms with Crippen LogP contribution in [-0.4, -0.2) is 14.1 Å². The Balaban J connectivity index is 2.38. The fraction of sp³-hybridized carbons (Fsp3) is 0.158. The summed E-state index contributed by atoms with van der Waals surface area (Å²) in [6, 6.07) is 9.93. The molecular weight excluding hydrogens is 286 g/mol. The van der Waals surface area contributed by atoms with Crippen molar-refractivity contribution < 1.29 is 4.74 Å². The van der Waals surface area contributed by atoms with E-state index in [2.05, 4.69) is 12.6 Å². The lowest BCUT2D eigenvalue weighted by atomic mass is 10.00. The molecule has 1 heterocycles. The number of nitriles is 2. The van der Waals surface area contributed by atoms with E-state index < -0.39 is 0 Å². The van der Waals surface area contributed by atoms with Crippen LogP contribution in [-0.2, 0) is 11.2 Å². The molecule has 4 nitrogen and oxygen atoms in total. The van der Waals surface area contributed by atoms with Gasteiger partial charge in [0.1, 0.15) is 23.5 Å². The van der Waals surface area contributed by atoms with E-state index in [-0.39, 0.29) is 5.57 Å². The van der Waals surface area contributed by atoms with Gasteiger partial charge in [0.25, 0.3) is 0 Å². The van der Waals surface area contributed by atoms with Gasteiger partial charge in [-0.25, -0.2) is 0 Å². The molecule has 0 aliphatic carbocycles. The van der Waals surface area contributed by atoms with Crippen LogP contribution < -0.4 is 4.90 Å². The first-order valence-corrected chi connectivity index (χ1v) is 7.10. The lowest BCUT2D eigenvalue weighted by molar-refractivity contribution is 0.336. The molecule has 0 radical (unpaired) electrons. The molecule has 1 aliphatic heterocycles. The number of nitrogens with zero attached hydrogens (tertiary/aromatic N) is 3. The minimum Gasteiger partial charge on any atom is -0.469 e. The van der Waals surface area contributed by atoms with Crippen LogP contribution in [0.15, 0.2) is 60.1 Å². The number of benzene rings is 1. The van der Waals surface area contributed by atoms with E-state index in [1.165, 1.54) is 6.26 Å². The van der Waals surface area contributed by atoms with Crippen molar-refractivity contribution in [3.05, 3.63) is 71.2 Å². The van der Waals surface area contributed by atoms with Crippen molar-refractivity contribution in [2.45, 2.75) is 6.42 Å². The third-order valence-electron chi connectivity index (χ3n) is 3.52. The predicted octanol–water partition coefficient (Wildman–Crippen LogP) is 3.71. The Morgan fingerprint density at radius 2 is 2.04 bits per heavy atom. The normalized spacial score (nSPS) is 12.5. The summed E-state index contributed by atoms with van der Waals surface area (Å²) < 4.78 is 5.53. The smallest absolute Gasteiger partial charge is 0.137 e. The van der Waals surface area contributed by atoms with E-state index in [1.807, 2.05) is 43.3 Å². The zero-order valence-corrected chi connectivity index (χ0v) is 13.2. The van der Waals surface area contributed by atoms with E-state index in [4.69, 9.17) is 15.3 Å². The molecule has 0 atom stereocenters. The van der Waals surface area contributed by atoms with E-state index >= 15 is 0 Å². The van der Waals surface area contributed by atoms with Crippen LogP contribution >= 0.6 is 0 Å². The van der Waals surface area contributed by atoms with Crippen molar-refractivity contribution in [2.75, 3.05) is 19.0 Å². The van der Waals surface area contributed by atoms with E-state index in [9.17, 15) is 0 Å². The maximum absolute atomic E-state index is 8.98. The largest absolute Gasteiger partial charge is 0.469 e. The molecule has 0 saturated carbocycles. The fourth-order valence-electron chi connectivity index (χ4n) is 2.26. The molecule has 2 rings (SSSR count). The Kier molecular flexibility index (Phi) is 5.02. The van der Waals surface area contributed by atoms with Crippen LogP contribution in [0.25, 0.3) is 6.08 Å². The topological polar surface area (TPSA) is 60.0 Å². The Hall–Kier alpha value is -3.24. The number of ether oxygens (including phenoxy) is 1. The van der Waals surface area contributed by atoms with Gasteiger partial charge in [0.15, 0.2) is 0 Å². The van der Waals surface area contributed by atoms with Gasteiger partial charge in [0.2, 0.25) is 0 Å². The van der Waals surface area contributed by atoms with Gasteiger partial charge in [-0.3, -0.25) is 0 Å². The molecule has 0 N–H and O–H groups in total. The summed E-state index contributed by atoms with van der Waals surface area (Å²) in [6.07, 6.45) is 7.22. The van der Waals surface area contributed by atoms with Crippen molar-refractivity contribution in [3.63, 3.8) is 0 Å². The Labute approximate surface area is 136 Å². The summed E-state index contributed by atoms with van der Waals surface area (Å²) in [5.74, 6) is 0.685. The lowest BCUT2D eigenvalue weighted by Gasteiger charge is -2.17. The minimum absolute atomic E-state index is 0.0769. The molecule has 0 saturated heterocycles. The van der Waals surface area contributed by atoms with Gasteiger partial charge in [-0.15, -0.1) is 0 Å². The predicted molar refractivity (Wildman–Crippen MR) is 91.1 cm³/mol. The van der Waals surface area contributed by atoms with Crippen molar-refractivity contribution >= 4 is 11.8 Å². The molecule has 114 valence electrons. The first kappa shape index (κ1) is 16.1. The van der Waals surface area contributed by atoms with Gasteiger partial charge in [0, 0.05) is 31.8 Å². The summed E-state index contributed by atoms with van der Waals surface area (Å²) in [6.45, 7) is 3.85. The van der Waals surface area contributed by atoms with Crippen LogP contribution in [0, 0.1) is 22.7 Å². The summed E-state index contributed by atoms with van der Waals surface area (Å²) in [5, 5.41) is 18.0. The molecular formula is C19H17N3O. The third kappa shape index (κ3) is 3.70. The summed E-state index contributed by atoms with van der Waals surface area (Å²) in [5.41, 5.74) is 3.83. The van der Waals surface area contributed by atoms with E-state index in [0.717, 1.165) is 16.8 Å². The standard InChI is InChI=1S/C19H17N3O/c1-4-14-5-6-18(22(2)3)9-16(14)11-19-10-15(7-8-23-19)17(12-20)13-21/h4-10H,1,11H2,2-3H3. The highest BCUT2D eigenvalue weighted by Crippen LogP contribution is 2.25. The second-order valence-corrected chi connectivity index (χ2v) is 5.24. The van der Waals surface area contributed by atoms with Crippen LogP contribution in [0.5, 0.6) is 0 Å². The highest BCUT2D eigenvalue weighted by atomic mass is 16.5. The van der Waals surface area contributed by atoms with Gasteiger partial charge >= 0.3 is 0 Å². The maximum atomic E-state index is 8.98. The fourth-order valence-corrected chi connectivity index (χ4v) is 2.26. The molecule has 1 aromatic carbocycles. The van der Waals surface area contributed by atoms with Gasteiger partial charge < -0.3 is 9.64 Å². The van der Waals surface area contributed by atoms with Crippen LogP contribution in [0.4, 0.5) is 5.69 Å². The van der Waals surface area contributed by atoms with Gasteiger partial charge in [0.05, 0.1) is 6.26 Å². The molecule has 1 aliphatic rings. The molecule has 0 bridgehead atoms. The first-order valence-electron chi connectivity index (χ1n) is 7.10. The summed E-state index contributed by atoms with van der Waals surface area (Å²) in [4.78, 5) is 2.03. The number of rotatable bonds is 4. The summed E-state index contributed by atoms with van der Waals surface area (Å²) >= 11 is 0. The monoisotopic (exact) mass is 303 g/mol. The molecule has 23 heavy (non-hydrogen) atoms. The lowest BCUT2D eigenvalue weighted by Crippen LogP contribution is -2.09. The molecule has 0 aromatic heterocycles. The van der Waals surface area contributed by atoms with E-state index in [0.29, 0.717) is 17.8 Å². The summed E-state index contributed by atoms with van der Waals surface area (Å²) in [7, 11) is 3.97. The number of hydrogen-bond acceptors (Lipinski definition) is 4. The SMILES string of the molecule is C=Cc1ccc(N(C)C)cc1CC1=CC(=C(C#N)C#N)C=CO1. The second-order valence-electron chi connectivity index (χ2n) is 5.24. The number of hydrogen-bond donors (Lipinski definition) is 0. The van der Waals surface area contributed by atoms with Crippen LogP contribution in [0.2, 0.25) is 0 Å². The maximum Gasteiger partial charge on any atom is 0.137 e. The van der Waals surface area contributed by atoms with Gasteiger partial charge in [-0.05, 0) is 35.4 Å². The van der Waals surface area contributed by atoms with Crippen molar-refractivity contribution in [1.82, 2.24) is 0 Å². The number of anilines is 1. The molecule has 0 unspecified atom stereocenters. The Morgan fingerprint density at radius 3 is 2.65 bits per heavy atom. The van der Waals surface area contributed by atoms with Crippen molar-refractivity contribution in [3.8, 4) is 12.1 Å².